The summed E-state index contributed by atoms with van der Waals surface area (Å²) >= 11 is 0. The van der Waals surface area contributed by atoms with E-state index in [0.29, 0.717) is 0 Å². The van der Waals surface area contributed by atoms with Crippen LogP contribution in [-0.2, 0) is 9.47 Å². The highest BCUT2D eigenvalue weighted by atomic mass is 16.6. The molecule has 1 fully saturated rings. The van der Waals surface area contributed by atoms with Crippen LogP contribution in [0.3, 0.4) is 0 Å². The van der Waals surface area contributed by atoms with Crippen LogP contribution in [0.2, 0.25) is 0 Å². The fraction of sp³-hybridized carbons (Fsp3) is 1.00. The molecule has 5 N–H and O–H groups in total. The van der Waals surface area contributed by atoms with Crippen LogP contribution in [0.15, 0.2) is 0 Å². The van der Waals surface area contributed by atoms with Gasteiger partial charge in [0.15, 0.2) is 6.29 Å². The van der Waals surface area contributed by atoms with E-state index in [1.807, 2.05) is 0 Å². The second-order valence-corrected chi connectivity index (χ2v) is 3.26. The first-order chi connectivity index (χ1) is 7.43. The Bertz CT molecular complexity index is 215. The van der Waals surface area contributed by atoms with Crippen molar-refractivity contribution in [2.45, 2.75) is 30.7 Å². The van der Waals surface area contributed by atoms with E-state index in [1.165, 1.54) is 0 Å². The van der Waals surface area contributed by atoms with Crippen LogP contribution in [0, 0.1) is 0 Å². The molecule has 0 aromatic carbocycles. The zero-order valence-corrected chi connectivity index (χ0v) is 7.93. The predicted octanol–water partition coefficient (Wildman–Crippen LogP) is -3.20. The van der Waals surface area contributed by atoms with Crippen LogP contribution in [0.25, 0.3) is 0 Å². The van der Waals surface area contributed by atoms with E-state index in [4.69, 9.17) is 26.2 Å². The minimum Gasteiger partial charge on any atom is -0.394 e. The van der Waals surface area contributed by atoms with Gasteiger partial charge in [-0.25, -0.2) is 0 Å². The van der Waals surface area contributed by atoms with Gasteiger partial charge in [-0.3, -0.25) is 0 Å². The topological polar surface area (TPSA) is 120 Å². The molecule has 0 aromatic heterocycles. The smallest absolute Gasteiger partial charge is 0.184 e. The van der Waals surface area contributed by atoms with Gasteiger partial charge in [-0.15, -0.1) is 0 Å². The maximum atomic E-state index is 9.46. The van der Waals surface area contributed by atoms with Crippen molar-refractivity contribution in [3.8, 4) is 0 Å². The molecule has 6 atom stereocenters. The van der Waals surface area contributed by atoms with E-state index in [9.17, 15) is 10.2 Å². The van der Waals surface area contributed by atoms with Gasteiger partial charge in [0.2, 0.25) is 0 Å². The van der Waals surface area contributed by atoms with E-state index in [2.05, 4.69) is 0 Å². The summed E-state index contributed by atoms with van der Waals surface area (Å²) in [6, 6.07) is 0. The summed E-state index contributed by atoms with van der Waals surface area (Å²) in [4.78, 5) is 0. The van der Waals surface area contributed by atoms with Crippen LogP contribution in [0.5, 0.6) is 0 Å². The monoisotopic (exact) mass is 225 g/mol. The first-order valence-electron chi connectivity index (χ1n) is 5.07. The number of ether oxygens (including phenoxy) is 2. The van der Waals surface area contributed by atoms with E-state index in [1.54, 1.807) is 0 Å². The first kappa shape index (κ1) is 11.2. The summed E-state index contributed by atoms with van der Waals surface area (Å²) < 4.78 is 16.3. The molecular formula is C8H16O7. The number of hydrogen-bond acceptors (Lipinski definition) is 7. The molecular weight excluding hydrogens is 208 g/mol. The Balaban J connectivity index is 2.41. The molecule has 1 rings (SSSR count). The van der Waals surface area contributed by atoms with Gasteiger partial charge in [-0.2, -0.15) is 0 Å². The van der Waals surface area contributed by atoms with Crippen LogP contribution in [-0.4, -0.2) is 76.0 Å². The molecule has 1 heterocycles. The van der Waals surface area contributed by atoms with Crippen LogP contribution >= 0.6 is 0 Å². The zero-order valence-electron chi connectivity index (χ0n) is 8.93. The molecule has 0 aliphatic carbocycles. The lowest BCUT2D eigenvalue weighted by Gasteiger charge is -2.38. The van der Waals surface area contributed by atoms with Crippen LogP contribution in [0.1, 0.15) is 1.37 Å². The average molecular weight is 225 g/mol. The lowest BCUT2D eigenvalue weighted by atomic mass is 9.99. The molecule has 0 radical (unpaired) electrons. The van der Waals surface area contributed by atoms with Crippen molar-refractivity contribution in [1.29, 1.82) is 0 Å². The third kappa shape index (κ3) is 3.08. The minimum absolute atomic E-state index is 0.210. The highest BCUT2D eigenvalue weighted by molar-refractivity contribution is 4.88. The van der Waals surface area contributed by atoms with E-state index >= 15 is 0 Å². The summed E-state index contributed by atoms with van der Waals surface area (Å²) in [6.07, 6.45) is -7.13. The lowest BCUT2D eigenvalue weighted by Crippen LogP contribution is -2.58. The van der Waals surface area contributed by atoms with Gasteiger partial charge in [0, 0.05) is 0 Å². The molecule has 0 saturated carbocycles. The Hall–Kier alpha value is -0.280. The summed E-state index contributed by atoms with van der Waals surface area (Å²) in [7, 11) is 0. The van der Waals surface area contributed by atoms with Gasteiger partial charge in [0.05, 0.1) is 21.2 Å². The number of hydrogen-bond donors (Lipinski definition) is 5. The molecule has 1 aliphatic heterocycles. The number of aliphatic hydroxyl groups excluding tert-OH is 5. The number of rotatable bonds is 4. The quantitative estimate of drug-likeness (QED) is 0.341. The maximum absolute atomic E-state index is 9.46. The zero-order chi connectivity index (χ0) is 12.3. The van der Waals surface area contributed by atoms with E-state index < -0.39 is 37.3 Å². The van der Waals surface area contributed by atoms with Crippen molar-refractivity contribution < 1.29 is 36.4 Å². The fourth-order valence-electron chi connectivity index (χ4n) is 1.31. The van der Waals surface area contributed by atoms with Crippen molar-refractivity contribution in [2.24, 2.45) is 0 Å². The third-order valence-electron chi connectivity index (χ3n) is 2.16. The molecule has 0 bridgehead atoms. The van der Waals surface area contributed by atoms with Crippen LogP contribution < -0.4 is 0 Å². The molecule has 90 valence electrons. The van der Waals surface area contributed by atoms with Crippen molar-refractivity contribution in [1.82, 2.24) is 0 Å². The predicted molar refractivity (Wildman–Crippen MR) is 46.8 cm³/mol. The van der Waals surface area contributed by atoms with E-state index in [0.717, 1.165) is 0 Å². The lowest BCUT2D eigenvalue weighted by molar-refractivity contribution is -0.288. The summed E-state index contributed by atoms with van der Waals surface area (Å²) in [5.74, 6) is 0. The molecule has 0 amide bonds. The largest absolute Gasteiger partial charge is 0.394 e. The van der Waals surface area contributed by atoms with Gasteiger partial charge in [0.1, 0.15) is 24.4 Å². The SMILES string of the molecule is [2H]C(O)COC[C@H]1OC(O)[C@H](O)[C@@H](O)[C@H]1O. The van der Waals surface area contributed by atoms with Crippen molar-refractivity contribution >= 4 is 0 Å². The molecule has 0 aromatic rings. The maximum Gasteiger partial charge on any atom is 0.184 e. The highest BCUT2D eigenvalue weighted by Gasteiger charge is 2.42. The van der Waals surface area contributed by atoms with Gasteiger partial charge < -0.3 is 35.0 Å². The molecule has 15 heavy (non-hydrogen) atoms. The summed E-state index contributed by atoms with van der Waals surface area (Å²) in [6.45, 7) is -1.89. The van der Waals surface area contributed by atoms with Crippen molar-refractivity contribution in [3.05, 3.63) is 0 Å². The standard InChI is InChI=1S/C8H16O7/c9-1-2-14-3-4-5(10)6(11)7(12)8(13)15-4/h4-13H,1-3H2/t4-,5+,6+,7-,8?/m1/s1/i1D/t1?,4-,5+,6+,7-,8?. The highest BCUT2D eigenvalue weighted by Crippen LogP contribution is 2.19. The molecule has 2 unspecified atom stereocenters. The first-order valence-corrected chi connectivity index (χ1v) is 4.49. The summed E-state index contributed by atoms with van der Waals surface area (Å²) in [5, 5.41) is 45.7. The Kier molecular flexibility index (Phi) is 4.27. The fourth-order valence-corrected chi connectivity index (χ4v) is 1.31. The Morgan fingerprint density at radius 1 is 1.13 bits per heavy atom. The molecule has 7 nitrogen and oxygen atoms in total. The Morgan fingerprint density at radius 2 is 1.80 bits per heavy atom. The molecule has 7 heteroatoms. The second-order valence-electron chi connectivity index (χ2n) is 3.26. The average Bonchev–Trinajstić information content (AvgIpc) is 2.22. The third-order valence-corrected chi connectivity index (χ3v) is 2.16. The normalized spacial score (nSPS) is 44.9. The Morgan fingerprint density at radius 3 is 2.40 bits per heavy atom. The van der Waals surface area contributed by atoms with Gasteiger partial charge >= 0.3 is 0 Å². The minimum atomic E-state index is -1.60. The van der Waals surface area contributed by atoms with E-state index in [-0.39, 0.29) is 13.2 Å². The molecule has 1 saturated heterocycles. The van der Waals surface area contributed by atoms with Crippen LogP contribution in [0.4, 0.5) is 0 Å². The second kappa shape index (κ2) is 5.71. The van der Waals surface area contributed by atoms with Crippen molar-refractivity contribution in [3.63, 3.8) is 0 Å². The molecule has 1 aliphatic rings. The van der Waals surface area contributed by atoms with Crippen molar-refractivity contribution in [2.75, 3.05) is 19.8 Å². The Labute approximate surface area is 87.9 Å². The van der Waals surface area contributed by atoms with Gasteiger partial charge in [0.25, 0.3) is 0 Å². The van der Waals surface area contributed by atoms with Gasteiger partial charge in [-0.1, -0.05) is 0 Å². The number of aliphatic hydroxyl groups is 5. The summed E-state index contributed by atoms with van der Waals surface area (Å²) in [5.41, 5.74) is 0. The molecule has 0 spiro atoms. The van der Waals surface area contributed by atoms with Gasteiger partial charge in [-0.05, 0) is 0 Å².